The summed E-state index contributed by atoms with van der Waals surface area (Å²) in [5, 5.41) is 2.07. The second-order valence-corrected chi connectivity index (χ2v) is 8.62. The summed E-state index contributed by atoms with van der Waals surface area (Å²) in [6, 6.07) is 28.9. The van der Waals surface area contributed by atoms with Gasteiger partial charge >= 0.3 is 0 Å². The number of rotatable bonds is 5. The molecule has 0 spiro atoms. The van der Waals surface area contributed by atoms with E-state index >= 15 is 0 Å². The summed E-state index contributed by atoms with van der Waals surface area (Å²) >= 11 is 1.67. The molecule has 4 heteroatoms. The third-order valence-electron chi connectivity index (χ3n) is 5.60. The normalized spacial score (nSPS) is 15.5. The molecule has 0 saturated heterocycles. The van der Waals surface area contributed by atoms with Crippen molar-refractivity contribution in [2.75, 3.05) is 7.11 Å². The summed E-state index contributed by atoms with van der Waals surface area (Å²) < 4.78 is 12.0. The number of nitrogens with zero attached hydrogens (tertiary/aromatic N) is 1. The molecule has 1 aliphatic rings. The Bertz CT molecular complexity index is 1290. The summed E-state index contributed by atoms with van der Waals surface area (Å²) in [7, 11) is 1.67. The average molecular weight is 438 g/mol. The van der Waals surface area contributed by atoms with Crippen LogP contribution in [0.3, 0.4) is 0 Å². The Morgan fingerprint density at radius 1 is 0.906 bits per heavy atom. The maximum Gasteiger partial charge on any atom is 0.150 e. The van der Waals surface area contributed by atoms with Gasteiger partial charge in [0.1, 0.15) is 22.9 Å². The fourth-order valence-electron chi connectivity index (χ4n) is 4.01. The fraction of sp³-hybridized carbons (Fsp3) is 0.107. The fourth-order valence-corrected chi connectivity index (χ4v) is 4.73. The van der Waals surface area contributed by atoms with Crippen molar-refractivity contribution in [3.63, 3.8) is 0 Å². The number of methoxy groups -OCH3 is 1. The SMILES string of the molecule is COc1ccccc1N=CC1=C(c2cccs2)Oc2ccccc2[C@H]1c1ccc(C)cc1. The molecule has 0 N–H and O–H groups in total. The summed E-state index contributed by atoms with van der Waals surface area (Å²) in [5.41, 5.74) is 5.40. The van der Waals surface area contributed by atoms with Gasteiger partial charge in [0.25, 0.3) is 0 Å². The van der Waals surface area contributed by atoms with Gasteiger partial charge in [0.05, 0.1) is 12.0 Å². The highest BCUT2D eigenvalue weighted by atomic mass is 32.1. The van der Waals surface area contributed by atoms with Crippen LogP contribution < -0.4 is 9.47 Å². The largest absolute Gasteiger partial charge is 0.494 e. The van der Waals surface area contributed by atoms with Crippen LogP contribution in [-0.2, 0) is 0 Å². The summed E-state index contributed by atoms with van der Waals surface area (Å²) in [6.07, 6.45) is 1.94. The molecule has 1 atom stereocenters. The van der Waals surface area contributed by atoms with Crippen LogP contribution in [-0.4, -0.2) is 13.3 Å². The number of hydrogen-bond donors (Lipinski definition) is 0. The van der Waals surface area contributed by atoms with Crippen molar-refractivity contribution in [2.45, 2.75) is 12.8 Å². The molecule has 3 aromatic carbocycles. The molecule has 0 aliphatic carbocycles. The Labute approximate surface area is 192 Å². The molecule has 5 rings (SSSR count). The van der Waals surface area contributed by atoms with E-state index in [-0.39, 0.29) is 5.92 Å². The monoisotopic (exact) mass is 437 g/mol. The molecular formula is C28H23NO2S. The van der Waals surface area contributed by atoms with Crippen molar-refractivity contribution in [3.8, 4) is 11.5 Å². The first-order valence-corrected chi connectivity index (χ1v) is 11.4. The van der Waals surface area contributed by atoms with E-state index in [4.69, 9.17) is 14.5 Å². The topological polar surface area (TPSA) is 30.8 Å². The lowest BCUT2D eigenvalue weighted by Crippen LogP contribution is -2.17. The number of benzene rings is 3. The zero-order valence-corrected chi connectivity index (χ0v) is 18.8. The Morgan fingerprint density at radius 3 is 2.47 bits per heavy atom. The Balaban J connectivity index is 1.72. The van der Waals surface area contributed by atoms with Gasteiger partial charge in [0.2, 0.25) is 0 Å². The molecule has 1 aromatic heterocycles. The van der Waals surface area contributed by atoms with E-state index in [1.807, 2.05) is 48.7 Å². The number of thiophene rings is 1. The number of allylic oxidation sites excluding steroid dienone is 1. The molecule has 0 amide bonds. The van der Waals surface area contributed by atoms with Crippen molar-refractivity contribution < 1.29 is 9.47 Å². The third-order valence-corrected chi connectivity index (χ3v) is 6.47. The van der Waals surface area contributed by atoms with Gasteiger partial charge < -0.3 is 9.47 Å². The van der Waals surface area contributed by atoms with Crippen LogP contribution in [0.2, 0.25) is 0 Å². The van der Waals surface area contributed by atoms with Gasteiger partial charge in [-0.1, -0.05) is 66.2 Å². The Morgan fingerprint density at radius 2 is 1.69 bits per heavy atom. The van der Waals surface area contributed by atoms with Crippen molar-refractivity contribution in [2.24, 2.45) is 4.99 Å². The lowest BCUT2D eigenvalue weighted by atomic mass is 9.82. The first kappa shape index (κ1) is 20.3. The molecule has 0 bridgehead atoms. The van der Waals surface area contributed by atoms with Gasteiger partial charge in [-0.15, -0.1) is 11.3 Å². The molecule has 0 fully saturated rings. The molecule has 0 saturated carbocycles. The highest BCUT2D eigenvalue weighted by molar-refractivity contribution is 7.11. The molecule has 0 unspecified atom stereocenters. The van der Waals surface area contributed by atoms with E-state index < -0.39 is 0 Å². The Hall–Kier alpha value is -3.63. The minimum absolute atomic E-state index is 0.0103. The van der Waals surface area contributed by atoms with E-state index in [1.165, 1.54) is 11.1 Å². The smallest absolute Gasteiger partial charge is 0.150 e. The van der Waals surface area contributed by atoms with Crippen LogP contribution in [0.1, 0.15) is 27.5 Å². The number of aryl methyl sites for hydroxylation is 1. The van der Waals surface area contributed by atoms with E-state index in [1.54, 1.807) is 18.4 Å². The van der Waals surface area contributed by atoms with Crippen LogP contribution in [0.25, 0.3) is 5.76 Å². The van der Waals surface area contributed by atoms with Gasteiger partial charge in [-0.2, -0.15) is 0 Å². The molecule has 4 aromatic rings. The van der Waals surface area contributed by atoms with E-state index in [9.17, 15) is 0 Å². The molecule has 1 aliphatic heterocycles. The van der Waals surface area contributed by atoms with Gasteiger partial charge in [-0.05, 0) is 42.1 Å². The number of para-hydroxylation sites is 3. The quantitative estimate of drug-likeness (QED) is 0.305. The summed E-state index contributed by atoms with van der Waals surface area (Å²) in [6.45, 7) is 2.11. The molecule has 0 radical (unpaired) electrons. The maximum absolute atomic E-state index is 6.48. The van der Waals surface area contributed by atoms with Crippen LogP contribution in [0.4, 0.5) is 5.69 Å². The first-order valence-electron chi connectivity index (χ1n) is 10.5. The van der Waals surface area contributed by atoms with E-state index in [0.717, 1.165) is 39.0 Å². The average Bonchev–Trinajstić information content (AvgIpc) is 3.37. The highest BCUT2D eigenvalue weighted by Crippen LogP contribution is 2.46. The van der Waals surface area contributed by atoms with Gasteiger partial charge in [0.15, 0.2) is 0 Å². The molecule has 158 valence electrons. The van der Waals surface area contributed by atoms with E-state index in [0.29, 0.717) is 0 Å². The third kappa shape index (κ3) is 3.85. The zero-order chi connectivity index (χ0) is 21.9. The molecular weight excluding hydrogens is 414 g/mol. The standard InChI is InChI=1S/C28H23NO2S/c1-19-13-15-20(16-14-19)27-21-8-3-5-10-24(21)31-28(26-12-7-17-32-26)22(27)18-29-23-9-4-6-11-25(23)30-2/h3-18,27H,1-2H3/t27-/m1/s1. The maximum atomic E-state index is 6.48. The second kappa shape index (κ2) is 8.85. The number of fused-ring (bicyclic) bond motifs is 1. The van der Waals surface area contributed by atoms with Crippen LogP contribution in [0, 0.1) is 6.92 Å². The second-order valence-electron chi connectivity index (χ2n) is 7.68. The minimum Gasteiger partial charge on any atom is -0.494 e. The van der Waals surface area contributed by atoms with E-state index in [2.05, 4.69) is 54.8 Å². The predicted octanol–water partition coefficient (Wildman–Crippen LogP) is 7.40. The lowest BCUT2D eigenvalue weighted by Gasteiger charge is -2.29. The van der Waals surface area contributed by atoms with Crippen LogP contribution >= 0.6 is 11.3 Å². The van der Waals surface area contributed by atoms with Crippen LogP contribution in [0.5, 0.6) is 11.5 Å². The van der Waals surface area contributed by atoms with Gasteiger partial charge in [0, 0.05) is 23.3 Å². The summed E-state index contributed by atoms with van der Waals surface area (Å²) in [4.78, 5) is 5.93. The van der Waals surface area contributed by atoms with Crippen LogP contribution in [0.15, 0.2) is 101 Å². The minimum atomic E-state index is 0.0103. The van der Waals surface area contributed by atoms with Crippen molar-refractivity contribution >= 4 is 29.0 Å². The number of aliphatic imine (C=N–C) groups is 1. The van der Waals surface area contributed by atoms with Crippen molar-refractivity contribution in [1.29, 1.82) is 0 Å². The Kier molecular flexibility index (Phi) is 5.61. The number of hydrogen-bond acceptors (Lipinski definition) is 4. The molecule has 2 heterocycles. The predicted molar refractivity (Wildman–Crippen MR) is 132 cm³/mol. The summed E-state index contributed by atoms with van der Waals surface area (Å²) in [5.74, 6) is 2.49. The molecule has 32 heavy (non-hydrogen) atoms. The van der Waals surface area contributed by atoms with Gasteiger partial charge in [-0.25, -0.2) is 0 Å². The number of ether oxygens (including phenoxy) is 2. The highest BCUT2D eigenvalue weighted by Gasteiger charge is 2.31. The van der Waals surface area contributed by atoms with Crippen molar-refractivity contribution in [3.05, 3.63) is 117 Å². The van der Waals surface area contributed by atoms with Crippen molar-refractivity contribution in [1.82, 2.24) is 0 Å². The zero-order valence-electron chi connectivity index (χ0n) is 18.0. The van der Waals surface area contributed by atoms with Gasteiger partial charge in [-0.3, -0.25) is 4.99 Å². The lowest BCUT2D eigenvalue weighted by molar-refractivity contribution is 0.416. The molecule has 3 nitrogen and oxygen atoms in total. The first-order chi connectivity index (χ1) is 15.7.